The Bertz CT molecular complexity index is 556. The minimum absolute atomic E-state index is 0.0383. The number of halogens is 2. The molecule has 22 heavy (non-hydrogen) atoms. The van der Waals surface area contributed by atoms with Gasteiger partial charge in [-0.3, -0.25) is 9.59 Å². The van der Waals surface area contributed by atoms with E-state index in [1.54, 1.807) is 7.05 Å². The van der Waals surface area contributed by atoms with Gasteiger partial charge in [0.15, 0.2) is 24.7 Å². The summed E-state index contributed by atoms with van der Waals surface area (Å²) in [5, 5.41) is 5.27. The van der Waals surface area contributed by atoms with E-state index in [1.165, 1.54) is 6.07 Å². The number of likely N-dealkylation sites (N-methyl/N-ethyl adjacent to an activating group) is 1. The van der Waals surface area contributed by atoms with Crippen molar-refractivity contribution in [3.05, 3.63) is 29.8 Å². The molecule has 1 rings (SSSR count). The lowest BCUT2D eigenvalue weighted by Gasteiger charge is -2.21. The van der Waals surface area contributed by atoms with Crippen molar-refractivity contribution in [3.8, 4) is 0 Å². The molecule has 0 saturated carbocycles. The summed E-state index contributed by atoms with van der Waals surface area (Å²) in [6, 6.07) is 3.13. The van der Waals surface area contributed by atoms with Crippen molar-refractivity contribution in [2.75, 3.05) is 25.5 Å². The number of rotatable bonds is 5. The molecule has 0 aliphatic carbocycles. The van der Waals surface area contributed by atoms with Crippen LogP contribution < -0.4 is 15.5 Å². The molecule has 122 valence electrons. The Morgan fingerprint density at radius 2 is 1.68 bits per heavy atom. The minimum atomic E-state index is -1.02. The average molecular weight is 314 g/mol. The molecule has 0 saturated heterocycles. The zero-order valence-electron chi connectivity index (χ0n) is 13.2. The van der Waals surface area contributed by atoms with Gasteiger partial charge in [-0.2, -0.15) is 0 Å². The van der Waals surface area contributed by atoms with E-state index in [0.717, 1.165) is 12.1 Å². The van der Waals surface area contributed by atoms with Crippen LogP contribution >= 0.6 is 0 Å². The Hall–Kier alpha value is -2.02. The van der Waals surface area contributed by atoms with E-state index in [1.807, 2.05) is 20.8 Å². The summed E-state index contributed by atoms with van der Waals surface area (Å²) in [7, 11) is 1.70. The van der Waals surface area contributed by atoms with E-state index in [9.17, 15) is 18.4 Å². The molecular weight excluding hydrogens is 292 g/mol. The van der Waals surface area contributed by atoms with Gasteiger partial charge in [0.2, 0.25) is 0 Å². The molecule has 1 unspecified atom stereocenters. The van der Waals surface area contributed by atoms with Gasteiger partial charge in [0.1, 0.15) is 0 Å². The molecule has 0 radical (unpaired) electrons. The molecule has 0 spiro atoms. The largest absolute Gasteiger partial charge is 0.347 e. The number of hydrogen-bond donors (Lipinski definition) is 3. The normalized spacial score (nSPS) is 12.6. The smallest absolute Gasteiger partial charge is 0.279 e. The first-order valence-corrected chi connectivity index (χ1v) is 6.94. The predicted octanol–water partition coefficient (Wildman–Crippen LogP) is 0.333. The minimum Gasteiger partial charge on any atom is -0.347 e. The Kier molecular flexibility index (Phi) is 5.99. The lowest BCUT2D eigenvalue weighted by Crippen LogP contribution is -3.11. The Labute approximate surface area is 128 Å². The molecule has 7 heteroatoms. The zero-order valence-corrected chi connectivity index (χ0v) is 13.2. The van der Waals surface area contributed by atoms with E-state index < -0.39 is 11.6 Å². The maximum absolute atomic E-state index is 13.0. The molecule has 1 aromatic rings. The Balaban J connectivity index is 2.47. The monoisotopic (exact) mass is 314 g/mol. The quantitative estimate of drug-likeness (QED) is 0.734. The van der Waals surface area contributed by atoms with E-state index in [0.29, 0.717) is 4.90 Å². The fourth-order valence-corrected chi connectivity index (χ4v) is 1.85. The van der Waals surface area contributed by atoms with Gasteiger partial charge in [-0.15, -0.1) is 0 Å². The average Bonchev–Trinajstić information content (AvgIpc) is 2.30. The third-order valence-electron chi connectivity index (χ3n) is 2.64. The van der Waals surface area contributed by atoms with Crippen LogP contribution in [0.5, 0.6) is 0 Å². The van der Waals surface area contributed by atoms with Gasteiger partial charge in [0.05, 0.1) is 7.05 Å². The second kappa shape index (κ2) is 7.31. The highest BCUT2D eigenvalue weighted by Gasteiger charge is 2.19. The van der Waals surface area contributed by atoms with Gasteiger partial charge in [-0.05, 0) is 32.9 Å². The van der Waals surface area contributed by atoms with Crippen LogP contribution in [0, 0.1) is 11.6 Å². The van der Waals surface area contributed by atoms with Crippen LogP contribution in [0.3, 0.4) is 0 Å². The Morgan fingerprint density at radius 3 is 2.23 bits per heavy atom. The first-order valence-electron chi connectivity index (χ1n) is 6.94. The first kappa shape index (κ1) is 18.0. The fraction of sp³-hybridized carbons (Fsp3) is 0.467. The summed E-state index contributed by atoms with van der Waals surface area (Å²) in [5.41, 5.74) is -0.151. The summed E-state index contributed by atoms with van der Waals surface area (Å²) < 4.78 is 25.8. The van der Waals surface area contributed by atoms with Crippen LogP contribution in [0.1, 0.15) is 20.8 Å². The molecular formula is C15H22F2N3O2+. The molecule has 5 nitrogen and oxygen atoms in total. The number of anilines is 1. The summed E-state index contributed by atoms with van der Waals surface area (Å²) >= 11 is 0. The van der Waals surface area contributed by atoms with Crippen LogP contribution in [0.4, 0.5) is 14.5 Å². The van der Waals surface area contributed by atoms with Gasteiger partial charge in [0, 0.05) is 17.3 Å². The number of nitrogens with one attached hydrogen (secondary N) is 3. The van der Waals surface area contributed by atoms with Crippen molar-refractivity contribution in [3.63, 3.8) is 0 Å². The number of carbonyl (C=O) groups excluding carboxylic acids is 2. The third-order valence-corrected chi connectivity index (χ3v) is 2.64. The second-order valence-corrected chi connectivity index (χ2v) is 6.29. The highest BCUT2D eigenvalue weighted by molar-refractivity contribution is 5.91. The predicted molar refractivity (Wildman–Crippen MR) is 79.5 cm³/mol. The highest BCUT2D eigenvalue weighted by Crippen LogP contribution is 2.12. The van der Waals surface area contributed by atoms with E-state index in [-0.39, 0.29) is 36.1 Å². The van der Waals surface area contributed by atoms with Crippen molar-refractivity contribution in [2.24, 2.45) is 0 Å². The SMILES string of the molecule is C[NH+](CC(=O)Nc1ccc(F)c(F)c1)CC(=O)NC(C)(C)C. The van der Waals surface area contributed by atoms with Gasteiger partial charge < -0.3 is 15.5 Å². The van der Waals surface area contributed by atoms with Gasteiger partial charge in [0.25, 0.3) is 11.8 Å². The molecule has 0 fully saturated rings. The van der Waals surface area contributed by atoms with Crippen LogP contribution in [-0.2, 0) is 9.59 Å². The van der Waals surface area contributed by atoms with Crippen LogP contribution in [0.15, 0.2) is 18.2 Å². The molecule has 1 aromatic carbocycles. The van der Waals surface area contributed by atoms with Gasteiger partial charge >= 0.3 is 0 Å². The molecule has 0 aromatic heterocycles. The molecule has 0 heterocycles. The number of hydrogen-bond acceptors (Lipinski definition) is 2. The number of quaternary nitrogens is 1. The van der Waals surface area contributed by atoms with Crippen molar-refractivity contribution >= 4 is 17.5 Å². The standard InChI is InChI=1S/C15H21F2N3O2/c1-15(2,3)19-14(22)9-20(4)8-13(21)18-10-5-6-11(16)12(17)7-10/h5-7H,8-9H2,1-4H3,(H,18,21)(H,19,22)/p+1. The van der Waals surface area contributed by atoms with E-state index in [4.69, 9.17) is 0 Å². The topological polar surface area (TPSA) is 62.6 Å². The molecule has 0 bridgehead atoms. The van der Waals surface area contributed by atoms with Crippen molar-refractivity contribution in [2.45, 2.75) is 26.3 Å². The van der Waals surface area contributed by atoms with Crippen molar-refractivity contribution < 1.29 is 23.3 Å². The molecule has 1 atom stereocenters. The summed E-state index contributed by atoms with van der Waals surface area (Å²) in [4.78, 5) is 24.2. The molecule has 0 aliphatic heterocycles. The number of carbonyl (C=O) groups is 2. The molecule has 2 amide bonds. The lowest BCUT2D eigenvalue weighted by atomic mass is 10.1. The Morgan fingerprint density at radius 1 is 1.09 bits per heavy atom. The van der Waals surface area contributed by atoms with Crippen LogP contribution in [0.2, 0.25) is 0 Å². The third kappa shape index (κ3) is 6.62. The van der Waals surface area contributed by atoms with E-state index in [2.05, 4.69) is 10.6 Å². The summed E-state index contributed by atoms with van der Waals surface area (Å²) in [6.07, 6.45) is 0. The van der Waals surface area contributed by atoms with E-state index >= 15 is 0 Å². The highest BCUT2D eigenvalue weighted by atomic mass is 19.2. The fourth-order valence-electron chi connectivity index (χ4n) is 1.85. The maximum atomic E-state index is 13.0. The second-order valence-electron chi connectivity index (χ2n) is 6.29. The van der Waals surface area contributed by atoms with Crippen molar-refractivity contribution in [1.29, 1.82) is 0 Å². The van der Waals surface area contributed by atoms with Crippen LogP contribution in [-0.4, -0.2) is 37.5 Å². The summed E-state index contributed by atoms with van der Waals surface area (Å²) in [5.74, 6) is -2.54. The molecule has 3 N–H and O–H groups in total. The lowest BCUT2D eigenvalue weighted by molar-refractivity contribution is -0.862. The summed E-state index contributed by atoms with van der Waals surface area (Å²) in [6.45, 7) is 5.79. The van der Waals surface area contributed by atoms with Crippen molar-refractivity contribution in [1.82, 2.24) is 5.32 Å². The number of benzene rings is 1. The maximum Gasteiger partial charge on any atom is 0.279 e. The van der Waals surface area contributed by atoms with Crippen LogP contribution in [0.25, 0.3) is 0 Å². The molecule has 0 aliphatic rings. The van der Waals surface area contributed by atoms with Gasteiger partial charge in [-0.25, -0.2) is 8.78 Å². The zero-order chi connectivity index (χ0) is 16.9. The number of amides is 2. The first-order chi connectivity index (χ1) is 10.1. The van der Waals surface area contributed by atoms with Gasteiger partial charge in [-0.1, -0.05) is 0 Å².